The van der Waals surface area contributed by atoms with E-state index in [2.05, 4.69) is 10.3 Å². The number of ether oxygens (including phenoxy) is 1. The maximum absolute atomic E-state index is 12.8. The zero-order valence-electron chi connectivity index (χ0n) is 16.9. The number of amides is 1. The van der Waals surface area contributed by atoms with Crippen molar-refractivity contribution in [3.8, 4) is 5.75 Å². The Morgan fingerprint density at radius 3 is 2.52 bits per heavy atom. The number of hydrogen-bond acceptors (Lipinski definition) is 4. The summed E-state index contributed by atoms with van der Waals surface area (Å²) in [6.07, 6.45) is 7.97. The van der Waals surface area contributed by atoms with Gasteiger partial charge in [-0.05, 0) is 43.4 Å². The number of methoxy groups -OCH3 is 1. The predicted octanol–water partition coefficient (Wildman–Crippen LogP) is 3.64. The fourth-order valence-corrected chi connectivity index (χ4v) is 4.28. The number of hydrogen-bond donors (Lipinski definition) is 2. The van der Waals surface area contributed by atoms with Gasteiger partial charge in [-0.3, -0.25) is 9.59 Å². The largest absolute Gasteiger partial charge is 0.497 e. The van der Waals surface area contributed by atoms with Crippen LogP contribution in [0.5, 0.6) is 5.75 Å². The summed E-state index contributed by atoms with van der Waals surface area (Å²) in [4.78, 5) is 32.6. The van der Waals surface area contributed by atoms with Crippen molar-refractivity contribution in [2.24, 2.45) is 5.92 Å². The molecule has 2 N–H and O–H groups in total. The number of H-pyrrole nitrogens is 1. The molecule has 29 heavy (non-hydrogen) atoms. The molecule has 1 atom stereocenters. The number of aromatic amines is 1. The Kier molecular flexibility index (Phi) is 5.97. The molecule has 2 aliphatic carbocycles. The van der Waals surface area contributed by atoms with Crippen molar-refractivity contribution < 1.29 is 9.53 Å². The summed E-state index contributed by atoms with van der Waals surface area (Å²) in [6, 6.07) is 9.07. The Hall–Kier alpha value is -2.63. The van der Waals surface area contributed by atoms with Crippen molar-refractivity contribution in [2.45, 2.75) is 63.3 Å². The number of carbonyl (C=O) groups excluding carboxylic acids is 1. The highest BCUT2D eigenvalue weighted by Crippen LogP contribution is 2.34. The van der Waals surface area contributed by atoms with E-state index >= 15 is 0 Å². The second-order valence-electron chi connectivity index (χ2n) is 8.27. The van der Waals surface area contributed by atoms with Crippen LogP contribution in [0.25, 0.3) is 0 Å². The minimum Gasteiger partial charge on any atom is -0.497 e. The first-order valence-electron chi connectivity index (χ1n) is 10.7. The van der Waals surface area contributed by atoms with E-state index in [9.17, 15) is 9.59 Å². The van der Waals surface area contributed by atoms with Gasteiger partial charge in [0.2, 0.25) is 5.91 Å². The highest BCUT2D eigenvalue weighted by molar-refractivity contribution is 5.79. The number of nitrogens with one attached hydrogen (secondary N) is 2. The van der Waals surface area contributed by atoms with E-state index in [1.165, 1.54) is 6.42 Å². The van der Waals surface area contributed by atoms with E-state index in [1.54, 1.807) is 13.2 Å². The van der Waals surface area contributed by atoms with Gasteiger partial charge >= 0.3 is 0 Å². The molecule has 1 aromatic heterocycles. The van der Waals surface area contributed by atoms with Gasteiger partial charge in [-0.2, -0.15) is 0 Å². The number of carbonyl (C=O) groups is 1. The lowest BCUT2D eigenvalue weighted by Gasteiger charge is -2.25. The maximum Gasteiger partial charge on any atom is 0.251 e. The molecule has 0 radical (unpaired) electrons. The summed E-state index contributed by atoms with van der Waals surface area (Å²) in [5, 5.41) is 3.23. The van der Waals surface area contributed by atoms with Gasteiger partial charge < -0.3 is 15.0 Å². The van der Waals surface area contributed by atoms with E-state index in [1.807, 2.05) is 24.3 Å². The van der Waals surface area contributed by atoms with E-state index in [4.69, 9.17) is 9.72 Å². The minimum atomic E-state index is -0.224. The third-order valence-electron chi connectivity index (χ3n) is 6.28. The molecule has 0 aliphatic heterocycles. The van der Waals surface area contributed by atoms with E-state index in [0.717, 1.165) is 61.4 Å². The van der Waals surface area contributed by atoms with Crippen molar-refractivity contribution >= 4 is 5.91 Å². The zero-order valence-corrected chi connectivity index (χ0v) is 16.9. The molecule has 154 valence electrons. The molecule has 0 spiro atoms. The SMILES string of the molecule is COc1ccc([C@@H](Cc2cc(=O)[nH]c(C3CCC3)n2)NC(=O)C2CCCC2)cc1. The van der Waals surface area contributed by atoms with Gasteiger partial charge in [0.05, 0.1) is 18.8 Å². The fraction of sp³-hybridized carbons (Fsp3) is 0.522. The Balaban J connectivity index is 1.57. The lowest BCUT2D eigenvalue weighted by atomic mass is 9.85. The molecule has 1 amide bonds. The summed E-state index contributed by atoms with van der Waals surface area (Å²) >= 11 is 0. The van der Waals surface area contributed by atoms with Gasteiger partial charge in [0.1, 0.15) is 11.6 Å². The second kappa shape index (κ2) is 8.80. The number of aromatic nitrogens is 2. The molecule has 0 unspecified atom stereocenters. The first-order valence-corrected chi connectivity index (χ1v) is 10.7. The van der Waals surface area contributed by atoms with Crippen molar-refractivity contribution in [3.05, 3.63) is 57.8 Å². The van der Waals surface area contributed by atoms with Crippen LogP contribution in [0.4, 0.5) is 0 Å². The topological polar surface area (TPSA) is 84.1 Å². The van der Waals surface area contributed by atoms with Gasteiger partial charge in [-0.25, -0.2) is 4.98 Å². The molecule has 4 rings (SSSR count). The van der Waals surface area contributed by atoms with Crippen molar-refractivity contribution in [2.75, 3.05) is 7.11 Å². The summed E-state index contributed by atoms with van der Waals surface area (Å²) in [7, 11) is 1.64. The number of rotatable bonds is 7. The molecule has 0 saturated heterocycles. The van der Waals surface area contributed by atoms with Gasteiger partial charge in [0, 0.05) is 24.3 Å². The van der Waals surface area contributed by atoms with Crippen LogP contribution in [0, 0.1) is 5.92 Å². The fourth-order valence-electron chi connectivity index (χ4n) is 4.28. The molecule has 0 bridgehead atoms. The molecule has 6 heteroatoms. The number of nitrogens with zero attached hydrogens (tertiary/aromatic N) is 1. The Morgan fingerprint density at radius 2 is 1.90 bits per heavy atom. The van der Waals surface area contributed by atoms with Crippen molar-refractivity contribution in [1.29, 1.82) is 0 Å². The van der Waals surface area contributed by atoms with Crippen molar-refractivity contribution in [3.63, 3.8) is 0 Å². The van der Waals surface area contributed by atoms with Gasteiger partial charge in [0.15, 0.2) is 0 Å². The average Bonchev–Trinajstić information content (AvgIpc) is 3.21. The molecule has 1 aromatic carbocycles. The number of benzene rings is 1. The van der Waals surface area contributed by atoms with Gasteiger partial charge in [-0.15, -0.1) is 0 Å². The molecule has 2 fully saturated rings. The molecule has 2 aliphatic rings. The standard InChI is InChI=1S/C23H29N3O3/c1-29-19-11-9-15(10-12-19)20(25-23(28)17-5-2-3-6-17)13-18-14-21(27)26-22(24-18)16-7-4-8-16/h9-12,14,16-17,20H,2-8,13H2,1H3,(H,25,28)(H,24,26,27)/t20-/m1/s1. The highest BCUT2D eigenvalue weighted by Gasteiger charge is 2.27. The van der Waals surface area contributed by atoms with Crippen LogP contribution in [-0.2, 0) is 11.2 Å². The lowest BCUT2D eigenvalue weighted by molar-refractivity contribution is -0.125. The molecule has 2 saturated carbocycles. The monoisotopic (exact) mass is 395 g/mol. The molecule has 1 heterocycles. The van der Waals surface area contributed by atoms with Crippen LogP contribution in [0.15, 0.2) is 35.1 Å². The van der Waals surface area contributed by atoms with Crippen LogP contribution in [0.2, 0.25) is 0 Å². The smallest absolute Gasteiger partial charge is 0.251 e. The van der Waals surface area contributed by atoms with E-state index in [-0.39, 0.29) is 23.4 Å². The quantitative estimate of drug-likeness (QED) is 0.750. The first kappa shape index (κ1) is 19.7. The van der Waals surface area contributed by atoms with E-state index < -0.39 is 0 Å². The minimum absolute atomic E-state index is 0.0911. The van der Waals surface area contributed by atoms with Crippen LogP contribution in [0.3, 0.4) is 0 Å². The Bertz CT molecular complexity index is 896. The summed E-state index contributed by atoms with van der Waals surface area (Å²) in [5.41, 5.74) is 1.60. The third kappa shape index (κ3) is 4.69. The normalized spacial score (nSPS) is 18.2. The molecule has 6 nitrogen and oxygen atoms in total. The van der Waals surface area contributed by atoms with Crippen LogP contribution in [-0.4, -0.2) is 23.0 Å². The second-order valence-corrected chi connectivity index (χ2v) is 8.27. The van der Waals surface area contributed by atoms with Crippen molar-refractivity contribution in [1.82, 2.24) is 15.3 Å². The van der Waals surface area contributed by atoms with Crippen LogP contribution < -0.4 is 15.6 Å². The van der Waals surface area contributed by atoms with Crippen LogP contribution >= 0.6 is 0 Å². The highest BCUT2D eigenvalue weighted by atomic mass is 16.5. The summed E-state index contributed by atoms with van der Waals surface area (Å²) in [6.45, 7) is 0. The average molecular weight is 396 g/mol. The summed E-state index contributed by atoms with van der Waals surface area (Å²) in [5.74, 6) is 2.11. The van der Waals surface area contributed by atoms with Crippen LogP contribution in [0.1, 0.15) is 74.0 Å². The zero-order chi connectivity index (χ0) is 20.2. The lowest BCUT2D eigenvalue weighted by Crippen LogP contribution is -2.34. The Morgan fingerprint density at radius 1 is 1.17 bits per heavy atom. The molecular formula is C23H29N3O3. The maximum atomic E-state index is 12.8. The third-order valence-corrected chi connectivity index (χ3v) is 6.28. The van der Waals surface area contributed by atoms with Gasteiger partial charge in [0.25, 0.3) is 5.56 Å². The first-order chi connectivity index (χ1) is 14.1. The molecular weight excluding hydrogens is 366 g/mol. The van der Waals surface area contributed by atoms with E-state index in [0.29, 0.717) is 12.3 Å². The summed E-state index contributed by atoms with van der Waals surface area (Å²) < 4.78 is 5.26. The van der Waals surface area contributed by atoms with Gasteiger partial charge in [-0.1, -0.05) is 31.4 Å². The Labute approximate surface area is 171 Å². The molecule has 2 aromatic rings. The predicted molar refractivity (Wildman–Crippen MR) is 111 cm³/mol.